The third-order valence-electron chi connectivity index (χ3n) is 5.22. The Morgan fingerprint density at radius 2 is 2.12 bits per heavy atom. The van der Waals surface area contributed by atoms with Gasteiger partial charge in [0.15, 0.2) is 5.65 Å². The molecule has 0 N–H and O–H groups in total. The Bertz CT molecular complexity index is 1040. The smallest absolute Gasteiger partial charge is 0.155 e. The first-order valence-electron chi connectivity index (χ1n) is 8.63. The van der Waals surface area contributed by atoms with Crippen LogP contribution in [-0.4, -0.2) is 26.0 Å². The Kier molecular flexibility index (Phi) is 3.43. The van der Waals surface area contributed by atoms with Crippen molar-refractivity contribution in [1.82, 2.24) is 19.5 Å². The number of fused-ring (bicyclic) bond motifs is 2. The van der Waals surface area contributed by atoms with Gasteiger partial charge in [-0.05, 0) is 44.0 Å². The van der Waals surface area contributed by atoms with Crippen molar-refractivity contribution in [2.75, 3.05) is 11.4 Å². The van der Waals surface area contributed by atoms with Crippen molar-refractivity contribution < 1.29 is 4.39 Å². The standard InChI is InChI=1S/C19H17ClFN5/c1-12-15(21)5-6-16(18(12)20)25-10-14-3-2-8-24(14)19(25)13-4-7-17-22-11-23-26(17)9-13/h4-7,9-11,19H,2-3,8H2,1H3. The fourth-order valence-corrected chi connectivity index (χ4v) is 4.14. The molecule has 2 aliphatic rings. The summed E-state index contributed by atoms with van der Waals surface area (Å²) in [5.74, 6) is -0.285. The van der Waals surface area contributed by atoms with Crippen LogP contribution in [0.4, 0.5) is 10.1 Å². The average molecular weight is 370 g/mol. The molecule has 1 aromatic carbocycles. The number of rotatable bonds is 2. The average Bonchev–Trinajstić information content (AvgIpc) is 3.34. The van der Waals surface area contributed by atoms with Gasteiger partial charge in [-0.1, -0.05) is 11.6 Å². The molecule has 0 amide bonds. The molecule has 26 heavy (non-hydrogen) atoms. The van der Waals surface area contributed by atoms with Crippen molar-refractivity contribution in [1.29, 1.82) is 0 Å². The third kappa shape index (κ3) is 2.22. The molecule has 1 fully saturated rings. The van der Waals surface area contributed by atoms with Gasteiger partial charge in [-0.15, -0.1) is 0 Å². The van der Waals surface area contributed by atoms with Gasteiger partial charge < -0.3 is 9.80 Å². The van der Waals surface area contributed by atoms with Gasteiger partial charge >= 0.3 is 0 Å². The minimum Gasteiger partial charge on any atom is -0.349 e. The minimum absolute atomic E-state index is 0.0246. The molecule has 1 saturated heterocycles. The van der Waals surface area contributed by atoms with Gasteiger partial charge in [-0.3, -0.25) is 0 Å². The van der Waals surface area contributed by atoms with E-state index in [0.717, 1.165) is 36.3 Å². The zero-order chi connectivity index (χ0) is 17.8. The lowest BCUT2D eigenvalue weighted by molar-refractivity contribution is 0.318. The summed E-state index contributed by atoms with van der Waals surface area (Å²) in [6.07, 6.45) is 7.84. The van der Waals surface area contributed by atoms with Gasteiger partial charge in [0.2, 0.25) is 0 Å². The van der Waals surface area contributed by atoms with E-state index in [-0.39, 0.29) is 12.0 Å². The summed E-state index contributed by atoms with van der Waals surface area (Å²) in [6.45, 7) is 2.70. The van der Waals surface area contributed by atoms with Crippen LogP contribution >= 0.6 is 11.6 Å². The Morgan fingerprint density at radius 1 is 1.23 bits per heavy atom. The first kappa shape index (κ1) is 15.6. The maximum absolute atomic E-state index is 13.9. The third-order valence-corrected chi connectivity index (χ3v) is 5.70. The first-order chi connectivity index (χ1) is 12.6. The molecule has 0 bridgehead atoms. The Balaban J connectivity index is 1.65. The number of pyridine rings is 1. The van der Waals surface area contributed by atoms with Crippen molar-refractivity contribution in [2.24, 2.45) is 0 Å². The van der Waals surface area contributed by atoms with E-state index in [2.05, 4.69) is 32.1 Å². The molecule has 5 rings (SSSR count). The van der Waals surface area contributed by atoms with Crippen LogP contribution in [0.15, 0.2) is 48.7 Å². The van der Waals surface area contributed by atoms with Gasteiger partial charge in [-0.2, -0.15) is 5.10 Å². The molecule has 2 aliphatic heterocycles. The summed E-state index contributed by atoms with van der Waals surface area (Å²) in [6, 6.07) is 7.27. The minimum atomic E-state index is -0.285. The molecule has 0 spiro atoms. The van der Waals surface area contributed by atoms with Crippen LogP contribution in [-0.2, 0) is 0 Å². The number of hydrogen-bond donors (Lipinski definition) is 0. The van der Waals surface area contributed by atoms with Gasteiger partial charge in [0.1, 0.15) is 18.3 Å². The van der Waals surface area contributed by atoms with Crippen molar-refractivity contribution in [3.63, 3.8) is 0 Å². The summed E-state index contributed by atoms with van der Waals surface area (Å²) in [7, 11) is 0. The summed E-state index contributed by atoms with van der Waals surface area (Å²) in [5, 5.41) is 4.71. The van der Waals surface area contributed by atoms with E-state index in [1.165, 1.54) is 11.8 Å². The van der Waals surface area contributed by atoms with E-state index in [4.69, 9.17) is 11.6 Å². The number of benzene rings is 1. The van der Waals surface area contributed by atoms with Crippen LogP contribution in [0, 0.1) is 12.7 Å². The molecule has 1 unspecified atom stereocenters. The maximum Gasteiger partial charge on any atom is 0.155 e. The number of hydrogen-bond acceptors (Lipinski definition) is 4. The molecular formula is C19H17ClFN5. The van der Waals surface area contributed by atoms with Crippen LogP contribution in [0.25, 0.3) is 5.65 Å². The molecule has 0 aliphatic carbocycles. The van der Waals surface area contributed by atoms with Crippen LogP contribution in [0.5, 0.6) is 0 Å². The van der Waals surface area contributed by atoms with Gasteiger partial charge in [0.25, 0.3) is 0 Å². The lowest BCUT2D eigenvalue weighted by atomic mass is 10.1. The van der Waals surface area contributed by atoms with E-state index in [0.29, 0.717) is 10.6 Å². The van der Waals surface area contributed by atoms with Crippen molar-refractivity contribution in [2.45, 2.75) is 25.9 Å². The number of anilines is 1. The predicted octanol–water partition coefficient (Wildman–Crippen LogP) is 4.29. The van der Waals surface area contributed by atoms with Gasteiger partial charge in [0, 0.05) is 35.8 Å². The number of allylic oxidation sites excluding steroid dienone is 1. The molecule has 0 radical (unpaired) electrons. The normalized spacial score (nSPS) is 19.3. The van der Waals surface area contributed by atoms with Gasteiger partial charge in [0.05, 0.1) is 10.7 Å². The summed E-state index contributed by atoms with van der Waals surface area (Å²) in [4.78, 5) is 8.74. The second-order valence-electron chi connectivity index (χ2n) is 6.73. The largest absolute Gasteiger partial charge is 0.349 e. The van der Waals surface area contributed by atoms with Crippen molar-refractivity contribution in [3.05, 3.63) is 70.7 Å². The van der Waals surface area contributed by atoms with E-state index in [1.807, 2.05) is 12.3 Å². The van der Waals surface area contributed by atoms with E-state index < -0.39 is 0 Å². The van der Waals surface area contributed by atoms with Crippen LogP contribution in [0.2, 0.25) is 5.02 Å². The molecule has 132 valence electrons. The molecule has 7 heteroatoms. The van der Waals surface area contributed by atoms with Crippen LogP contribution in [0.1, 0.15) is 30.1 Å². The highest BCUT2D eigenvalue weighted by Gasteiger charge is 2.37. The highest BCUT2D eigenvalue weighted by Crippen LogP contribution is 2.45. The highest BCUT2D eigenvalue weighted by molar-refractivity contribution is 6.34. The van der Waals surface area contributed by atoms with Crippen molar-refractivity contribution >= 4 is 22.9 Å². The maximum atomic E-state index is 13.9. The monoisotopic (exact) mass is 369 g/mol. The predicted molar refractivity (Wildman–Crippen MR) is 98.4 cm³/mol. The molecule has 0 saturated carbocycles. The summed E-state index contributed by atoms with van der Waals surface area (Å²) >= 11 is 6.51. The number of nitrogens with zero attached hydrogens (tertiary/aromatic N) is 5. The topological polar surface area (TPSA) is 36.7 Å². The number of halogens is 2. The lowest BCUT2D eigenvalue weighted by Crippen LogP contribution is -2.31. The van der Waals surface area contributed by atoms with Gasteiger partial charge in [-0.25, -0.2) is 13.9 Å². The van der Waals surface area contributed by atoms with E-state index in [1.54, 1.807) is 23.8 Å². The molecule has 3 aromatic rings. The molecule has 2 aromatic heterocycles. The quantitative estimate of drug-likeness (QED) is 0.675. The summed E-state index contributed by atoms with van der Waals surface area (Å²) in [5.41, 5.74) is 4.47. The molecule has 4 heterocycles. The zero-order valence-electron chi connectivity index (χ0n) is 14.2. The first-order valence-corrected chi connectivity index (χ1v) is 9.01. The molecular weight excluding hydrogens is 353 g/mol. The molecule has 5 nitrogen and oxygen atoms in total. The zero-order valence-corrected chi connectivity index (χ0v) is 15.0. The van der Waals surface area contributed by atoms with Crippen LogP contribution in [0.3, 0.4) is 0 Å². The van der Waals surface area contributed by atoms with Crippen molar-refractivity contribution in [3.8, 4) is 0 Å². The highest BCUT2D eigenvalue weighted by atomic mass is 35.5. The summed E-state index contributed by atoms with van der Waals surface area (Å²) < 4.78 is 15.7. The van der Waals surface area contributed by atoms with E-state index >= 15 is 0 Å². The Labute approximate surface area is 155 Å². The number of aromatic nitrogens is 3. The fraction of sp³-hybridized carbons (Fsp3) is 0.263. The van der Waals surface area contributed by atoms with Crippen LogP contribution < -0.4 is 4.90 Å². The second-order valence-corrected chi connectivity index (χ2v) is 7.11. The Hall–Kier alpha value is -2.60. The van der Waals surface area contributed by atoms with E-state index in [9.17, 15) is 4.39 Å². The molecule has 1 atom stereocenters. The fourth-order valence-electron chi connectivity index (χ4n) is 3.89. The SMILES string of the molecule is Cc1c(F)ccc(N2C=C3CCCN3C2c2ccc3ncnn3c2)c1Cl. The second kappa shape index (κ2) is 5.71. The lowest BCUT2D eigenvalue weighted by Gasteiger charge is -2.33. The Morgan fingerprint density at radius 3 is 3.00 bits per heavy atom.